The summed E-state index contributed by atoms with van der Waals surface area (Å²) in [6, 6.07) is 7.93. The number of thiophene rings is 1. The topological polar surface area (TPSA) is 45.7 Å². The van der Waals surface area contributed by atoms with Crippen molar-refractivity contribution in [2.75, 3.05) is 39.2 Å². The SMILES string of the molecule is COc1ccc(C)c2sc(N(CCCN(C)C)C(=O)C=Cc3cccs3)nc12.Cl. The molecule has 3 rings (SSSR count). The Hall–Kier alpha value is -1.93. The summed E-state index contributed by atoms with van der Waals surface area (Å²) in [6.45, 7) is 3.58. The van der Waals surface area contributed by atoms with E-state index in [2.05, 4.69) is 11.8 Å². The van der Waals surface area contributed by atoms with E-state index in [0.29, 0.717) is 11.7 Å². The number of fused-ring (bicyclic) bond motifs is 1. The first kappa shape index (κ1) is 23.3. The van der Waals surface area contributed by atoms with Gasteiger partial charge in [0.2, 0.25) is 0 Å². The maximum absolute atomic E-state index is 13.0. The lowest BCUT2D eigenvalue weighted by atomic mass is 10.2. The highest BCUT2D eigenvalue weighted by atomic mass is 35.5. The Balaban J connectivity index is 0.00000300. The third-order valence-corrected chi connectivity index (χ3v) is 6.38. The zero-order valence-corrected chi connectivity index (χ0v) is 19.5. The van der Waals surface area contributed by atoms with Crippen LogP contribution in [0.2, 0.25) is 0 Å². The molecule has 2 heterocycles. The first-order valence-electron chi connectivity index (χ1n) is 9.11. The van der Waals surface area contributed by atoms with Crippen molar-refractivity contribution in [3.05, 3.63) is 46.2 Å². The molecule has 0 N–H and O–H groups in total. The lowest BCUT2D eigenvalue weighted by molar-refractivity contribution is -0.114. The summed E-state index contributed by atoms with van der Waals surface area (Å²) in [5, 5.41) is 2.71. The van der Waals surface area contributed by atoms with Gasteiger partial charge in [0, 0.05) is 17.5 Å². The maximum atomic E-state index is 13.0. The van der Waals surface area contributed by atoms with E-state index in [1.165, 1.54) is 0 Å². The molecule has 0 aliphatic rings. The van der Waals surface area contributed by atoms with Gasteiger partial charge in [-0.3, -0.25) is 9.69 Å². The quantitative estimate of drug-likeness (QED) is 0.447. The second kappa shape index (κ2) is 10.7. The van der Waals surface area contributed by atoms with Crippen molar-refractivity contribution < 1.29 is 9.53 Å². The molecular formula is C21H26ClN3O2S2. The number of ether oxygens (including phenoxy) is 1. The number of halogens is 1. The number of amides is 1. The van der Waals surface area contributed by atoms with E-state index in [0.717, 1.165) is 39.4 Å². The largest absolute Gasteiger partial charge is 0.494 e. The van der Waals surface area contributed by atoms with Gasteiger partial charge in [0.05, 0.1) is 11.8 Å². The molecule has 0 saturated carbocycles. The zero-order valence-electron chi connectivity index (χ0n) is 17.0. The number of methoxy groups -OCH3 is 1. The van der Waals surface area contributed by atoms with E-state index in [4.69, 9.17) is 9.72 Å². The molecule has 5 nitrogen and oxygen atoms in total. The lowest BCUT2D eigenvalue weighted by Crippen LogP contribution is -2.32. The van der Waals surface area contributed by atoms with Crippen LogP contribution in [-0.2, 0) is 4.79 Å². The minimum atomic E-state index is -0.0529. The molecule has 1 aromatic carbocycles. The van der Waals surface area contributed by atoms with Crippen molar-refractivity contribution in [1.82, 2.24) is 9.88 Å². The second-order valence-electron chi connectivity index (χ2n) is 6.75. The molecule has 29 heavy (non-hydrogen) atoms. The Kier molecular flexibility index (Phi) is 8.64. The summed E-state index contributed by atoms with van der Waals surface area (Å²) in [6.07, 6.45) is 4.38. The Bertz CT molecular complexity index is 968. The van der Waals surface area contributed by atoms with Crippen molar-refractivity contribution in [2.45, 2.75) is 13.3 Å². The summed E-state index contributed by atoms with van der Waals surface area (Å²) in [4.78, 5) is 22.7. The van der Waals surface area contributed by atoms with E-state index >= 15 is 0 Å². The summed E-state index contributed by atoms with van der Waals surface area (Å²) < 4.78 is 6.52. The van der Waals surface area contributed by atoms with Crippen LogP contribution in [0.5, 0.6) is 5.75 Å². The Labute approximate surface area is 186 Å². The van der Waals surface area contributed by atoms with Crippen LogP contribution in [0.1, 0.15) is 16.9 Å². The van der Waals surface area contributed by atoms with Gasteiger partial charge >= 0.3 is 0 Å². The Morgan fingerprint density at radius 3 is 2.69 bits per heavy atom. The Morgan fingerprint density at radius 1 is 1.24 bits per heavy atom. The van der Waals surface area contributed by atoms with Crippen LogP contribution < -0.4 is 9.64 Å². The van der Waals surface area contributed by atoms with Gasteiger partial charge in [-0.15, -0.1) is 23.7 Å². The normalized spacial score (nSPS) is 11.2. The second-order valence-corrected chi connectivity index (χ2v) is 8.71. The molecule has 0 radical (unpaired) electrons. The molecule has 0 unspecified atom stereocenters. The predicted octanol–water partition coefficient (Wildman–Crippen LogP) is 5.09. The number of hydrogen-bond donors (Lipinski definition) is 0. The monoisotopic (exact) mass is 451 g/mol. The van der Waals surface area contributed by atoms with Gasteiger partial charge in [-0.1, -0.05) is 23.5 Å². The van der Waals surface area contributed by atoms with Gasteiger partial charge in [-0.2, -0.15) is 0 Å². The summed E-state index contributed by atoms with van der Waals surface area (Å²) >= 11 is 3.15. The molecule has 2 aromatic heterocycles. The van der Waals surface area contributed by atoms with Gasteiger partial charge in [0.25, 0.3) is 5.91 Å². The minimum absolute atomic E-state index is 0. The van der Waals surface area contributed by atoms with Crippen LogP contribution in [0.15, 0.2) is 35.7 Å². The van der Waals surface area contributed by atoms with Gasteiger partial charge in [-0.05, 0) is 63.1 Å². The number of nitrogens with zero attached hydrogens (tertiary/aromatic N) is 3. The predicted molar refractivity (Wildman–Crippen MR) is 127 cm³/mol. The summed E-state index contributed by atoms with van der Waals surface area (Å²) in [5.41, 5.74) is 1.95. The number of rotatable bonds is 8. The highest BCUT2D eigenvalue weighted by Gasteiger charge is 2.20. The molecular weight excluding hydrogens is 426 g/mol. The fourth-order valence-electron chi connectivity index (χ4n) is 2.85. The van der Waals surface area contributed by atoms with Crippen LogP contribution in [0.25, 0.3) is 16.3 Å². The van der Waals surface area contributed by atoms with Crippen molar-refractivity contribution in [3.8, 4) is 5.75 Å². The number of anilines is 1. The highest BCUT2D eigenvalue weighted by Crippen LogP contribution is 2.36. The first-order valence-corrected chi connectivity index (χ1v) is 10.8. The van der Waals surface area contributed by atoms with E-state index in [-0.39, 0.29) is 18.3 Å². The van der Waals surface area contributed by atoms with Gasteiger partial charge < -0.3 is 9.64 Å². The number of hydrogen-bond acceptors (Lipinski definition) is 6. The number of carbonyl (C=O) groups excluding carboxylic acids is 1. The van der Waals surface area contributed by atoms with Crippen LogP contribution in [0.3, 0.4) is 0 Å². The fourth-order valence-corrected chi connectivity index (χ4v) is 4.55. The zero-order chi connectivity index (χ0) is 20.1. The van der Waals surface area contributed by atoms with Crippen molar-refractivity contribution in [3.63, 3.8) is 0 Å². The molecule has 1 amide bonds. The number of carbonyl (C=O) groups is 1. The first-order chi connectivity index (χ1) is 13.5. The molecule has 0 aliphatic carbocycles. The molecule has 0 bridgehead atoms. The van der Waals surface area contributed by atoms with Crippen LogP contribution in [0, 0.1) is 6.92 Å². The van der Waals surface area contributed by atoms with Crippen molar-refractivity contribution >= 4 is 62.4 Å². The number of aromatic nitrogens is 1. The van der Waals surface area contributed by atoms with Gasteiger partial charge in [-0.25, -0.2) is 4.98 Å². The Morgan fingerprint density at radius 2 is 2.03 bits per heavy atom. The third-order valence-electron chi connectivity index (χ3n) is 4.33. The maximum Gasteiger partial charge on any atom is 0.252 e. The molecule has 0 spiro atoms. The van der Waals surface area contributed by atoms with Gasteiger partial charge in [0.1, 0.15) is 11.3 Å². The molecule has 0 saturated heterocycles. The lowest BCUT2D eigenvalue weighted by Gasteiger charge is -2.19. The van der Waals surface area contributed by atoms with Crippen LogP contribution >= 0.6 is 35.1 Å². The number of aryl methyl sites for hydroxylation is 1. The van der Waals surface area contributed by atoms with E-state index < -0.39 is 0 Å². The number of benzene rings is 1. The molecule has 0 atom stereocenters. The molecule has 3 aromatic rings. The molecule has 156 valence electrons. The fraction of sp³-hybridized carbons (Fsp3) is 0.333. The van der Waals surface area contributed by atoms with Crippen molar-refractivity contribution in [1.29, 1.82) is 0 Å². The van der Waals surface area contributed by atoms with E-state index in [1.807, 2.05) is 49.8 Å². The summed E-state index contributed by atoms with van der Waals surface area (Å²) in [7, 11) is 5.72. The molecule has 8 heteroatoms. The van der Waals surface area contributed by atoms with Crippen LogP contribution in [0.4, 0.5) is 5.13 Å². The number of thiazole rings is 1. The molecule has 0 fully saturated rings. The van der Waals surface area contributed by atoms with E-state index in [1.54, 1.807) is 40.8 Å². The molecule has 0 aliphatic heterocycles. The van der Waals surface area contributed by atoms with Crippen molar-refractivity contribution in [2.24, 2.45) is 0 Å². The van der Waals surface area contributed by atoms with Crippen LogP contribution in [-0.4, -0.2) is 50.1 Å². The average molecular weight is 452 g/mol. The minimum Gasteiger partial charge on any atom is -0.494 e. The van der Waals surface area contributed by atoms with E-state index in [9.17, 15) is 4.79 Å². The summed E-state index contributed by atoms with van der Waals surface area (Å²) in [5.74, 6) is 0.681. The van der Waals surface area contributed by atoms with Gasteiger partial charge in [0.15, 0.2) is 5.13 Å². The smallest absolute Gasteiger partial charge is 0.252 e. The standard InChI is InChI=1S/C21H25N3O2S2.ClH/c1-15-8-10-17(26-4)19-20(15)28-21(22-19)24(13-6-12-23(2)3)18(25)11-9-16-7-5-14-27-16;/h5,7-11,14H,6,12-13H2,1-4H3;1H. The third kappa shape index (κ3) is 5.79. The average Bonchev–Trinajstić information content (AvgIpc) is 3.33. The highest BCUT2D eigenvalue weighted by molar-refractivity contribution is 7.22.